The largest absolute Gasteiger partial charge is 0.345 e. The molecule has 1 unspecified atom stereocenters. The van der Waals surface area contributed by atoms with Crippen molar-refractivity contribution in [2.24, 2.45) is 0 Å². The van der Waals surface area contributed by atoms with E-state index in [1.807, 2.05) is 0 Å². The number of nitrogens with one attached hydrogen (secondary N) is 2. The van der Waals surface area contributed by atoms with Gasteiger partial charge in [-0.2, -0.15) is 0 Å². The second kappa shape index (κ2) is 9.03. The molecule has 3 amide bonds. The van der Waals surface area contributed by atoms with Crippen molar-refractivity contribution in [3.63, 3.8) is 0 Å². The van der Waals surface area contributed by atoms with Gasteiger partial charge in [0.2, 0.25) is 11.8 Å². The molecular formula is C19H18Cl2N4O3. The number of rotatable bonds is 5. The lowest BCUT2D eigenvalue weighted by Gasteiger charge is -2.24. The van der Waals surface area contributed by atoms with Gasteiger partial charge in [0.05, 0.1) is 18.4 Å². The maximum absolute atomic E-state index is 12.8. The lowest BCUT2D eigenvalue weighted by atomic mass is 10.1. The molecule has 28 heavy (non-hydrogen) atoms. The van der Waals surface area contributed by atoms with E-state index in [9.17, 15) is 14.4 Å². The van der Waals surface area contributed by atoms with Crippen LogP contribution in [0.5, 0.6) is 0 Å². The van der Waals surface area contributed by atoms with Crippen molar-refractivity contribution in [2.45, 2.75) is 18.9 Å². The standard InChI is InChI=1S/C19H18Cl2N4O3/c20-13-7-12(8-14(21)9-13)19(28)25-6-2-4-16(25)18(27)23-11-17(26)24-15-3-1-5-22-10-15/h1,3,5,7-10,16H,2,4,6,11H2,(H,23,27)(H,24,26). The highest BCUT2D eigenvalue weighted by Crippen LogP contribution is 2.24. The highest BCUT2D eigenvalue weighted by Gasteiger charge is 2.34. The van der Waals surface area contributed by atoms with Crippen LogP contribution in [0.15, 0.2) is 42.7 Å². The maximum atomic E-state index is 12.8. The second-order valence-electron chi connectivity index (χ2n) is 6.32. The molecule has 1 atom stereocenters. The van der Waals surface area contributed by atoms with Crippen LogP contribution >= 0.6 is 23.2 Å². The maximum Gasteiger partial charge on any atom is 0.254 e. The summed E-state index contributed by atoms with van der Waals surface area (Å²) in [6.07, 6.45) is 4.32. The van der Waals surface area contributed by atoms with Crippen LogP contribution in [0.4, 0.5) is 5.69 Å². The Morgan fingerprint density at radius 2 is 1.93 bits per heavy atom. The van der Waals surface area contributed by atoms with Crippen molar-refractivity contribution >= 4 is 46.6 Å². The number of hydrogen-bond acceptors (Lipinski definition) is 4. The van der Waals surface area contributed by atoms with Crippen LogP contribution in [0.1, 0.15) is 23.2 Å². The van der Waals surface area contributed by atoms with Gasteiger partial charge in [-0.3, -0.25) is 19.4 Å². The molecule has 0 bridgehead atoms. The van der Waals surface area contributed by atoms with Crippen LogP contribution in [-0.4, -0.2) is 46.7 Å². The molecule has 3 rings (SSSR count). The Hall–Kier alpha value is -2.64. The number of benzene rings is 1. The third-order valence-corrected chi connectivity index (χ3v) is 4.73. The Labute approximate surface area is 172 Å². The van der Waals surface area contributed by atoms with Crippen LogP contribution in [0.3, 0.4) is 0 Å². The van der Waals surface area contributed by atoms with Gasteiger partial charge in [-0.1, -0.05) is 23.2 Å². The molecule has 0 aliphatic carbocycles. The molecule has 1 aromatic carbocycles. The molecule has 0 radical (unpaired) electrons. The van der Waals surface area contributed by atoms with Gasteiger partial charge in [0.1, 0.15) is 6.04 Å². The van der Waals surface area contributed by atoms with E-state index in [1.54, 1.807) is 18.3 Å². The molecular weight excluding hydrogens is 403 g/mol. The topological polar surface area (TPSA) is 91.4 Å². The minimum Gasteiger partial charge on any atom is -0.345 e. The Bertz CT molecular complexity index is 872. The summed E-state index contributed by atoms with van der Waals surface area (Å²) in [5, 5.41) is 5.92. The van der Waals surface area contributed by atoms with E-state index in [0.29, 0.717) is 40.7 Å². The van der Waals surface area contributed by atoms with Gasteiger partial charge in [-0.15, -0.1) is 0 Å². The molecule has 146 valence electrons. The molecule has 1 aliphatic heterocycles. The molecule has 1 fully saturated rings. The van der Waals surface area contributed by atoms with Gasteiger partial charge in [0, 0.05) is 28.4 Å². The van der Waals surface area contributed by atoms with Gasteiger partial charge in [-0.25, -0.2) is 0 Å². The molecule has 2 aromatic rings. The molecule has 1 aliphatic rings. The monoisotopic (exact) mass is 420 g/mol. The van der Waals surface area contributed by atoms with Crippen LogP contribution in [0.25, 0.3) is 0 Å². The van der Waals surface area contributed by atoms with Crippen molar-refractivity contribution in [3.05, 3.63) is 58.3 Å². The van der Waals surface area contributed by atoms with Gasteiger partial charge in [0.25, 0.3) is 5.91 Å². The second-order valence-corrected chi connectivity index (χ2v) is 7.20. The third-order valence-electron chi connectivity index (χ3n) is 4.29. The predicted molar refractivity (Wildman–Crippen MR) is 106 cm³/mol. The lowest BCUT2D eigenvalue weighted by molar-refractivity contribution is -0.127. The van der Waals surface area contributed by atoms with Crippen LogP contribution in [0, 0.1) is 0 Å². The number of carbonyl (C=O) groups excluding carboxylic acids is 3. The zero-order chi connectivity index (χ0) is 20.1. The van der Waals surface area contributed by atoms with E-state index < -0.39 is 6.04 Å². The first-order chi connectivity index (χ1) is 13.4. The first kappa shape index (κ1) is 20.1. The third kappa shape index (κ3) is 4.99. The van der Waals surface area contributed by atoms with Gasteiger partial charge in [0.15, 0.2) is 0 Å². The first-order valence-corrected chi connectivity index (χ1v) is 9.44. The minimum atomic E-state index is -0.642. The number of likely N-dealkylation sites (tertiary alicyclic amines) is 1. The van der Waals surface area contributed by atoms with Crippen molar-refractivity contribution in [1.29, 1.82) is 0 Å². The van der Waals surface area contributed by atoms with E-state index in [-0.39, 0.29) is 24.3 Å². The number of hydrogen-bond donors (Lipinski definition) is 2. The van der Waals surface area contributed by atoms with Crippen molar-refractivity contribution in [2.75, 3.05) is 18.4 Å². The highest BCUT2D eigenvalue weighted by atomic mass is 35.5. The summed E-state index contributed by atoms with van der Waals surface area (Å²) in [5.74, 6) is -1.07. The fraction of sp³-hybridized carbons (Fsp3) is 0.263. The molecule has 1 saturated heterocycles. The Morgan fingerprint density at radius 3 is 2.61 bits per heavy atom. The summed E-state index contributed by atoms with van der Waals surface area (Å²) in [5.41, 5.74) is 0.865. The molecule has 2 heterocycles. The minimum absolute atomic E-state index is 0.199. The van der Waals surface area contributed by atoms with E-state index in [0.717, 1.165) is 0 Å². The SMILES string of the molecule is O=C(CNC(=O)C1CCCN1C(=O)c1cc(Cl)cc(Cl)c1)Nc1cccnc1. The van der Waals surface area contributed by atoms with Gasteiger partial charge < -0.3 is 15.5 Å². The Morgan fingerprint density at radius 1 is 1.18 bits per heavy atom. The summed E-state index contributed by atoms with van der Waals surface area (Å²) in [6, 6.07) is 7.32. The number of pyridine rings is 1. The number of halogens is 2. The van der Waals surface area contributed by atoms with Crippen molar-refractivity contribution in [1.82, 2.24) is 15.2 Å². The zero-order valence-corrected chi connectivity index (χ0v) is 16.3. The molecule has 2 N–H and O–H groups in total. The number of anilines is 1. The number of nitrogens with zero attached hydrogens (tertiary/aromatic N) is 2. The van der Waals surface area contributed by atoms with Crippen LogP contribution < -0.4 is 10.6 Å². The number of carbonyl (C=O) groups is 3. The van der Waals surface area contributed by atoms with E-state index in [4.69, 9.17) is 23.2 Å². The summed E-state index contributed by atoms with van der Waals surface area (Å²) in [4.78, 5) is 42.7. The predicted octanol–water partition coefficient (Wildman–Crippen LogP) is 2.75. The molecule has 0 saturated carbocycles. The Kier molecular flexibility index (Phi) is 6.49. The fourth-order valence-electron chi connectivity index (χ4n) is 3.05. The quantitative estimate of drug-likeness (QED) is 0.777. The van der Waals surface area contributed by atoms with Crippen molar-refractivity contribution < 1.29 is 14.4 Å². The van der Waals surface area contributed by atoms with E-state index in [2.05, 4.69) is 15.6 Å². The summed E-state index contributed by atoms with van der Waals surface area (Å²) in [6.45, 7) is 0.248. The zero-order valence-electron chi connectivity index (χ0n) is 14.8. The fourth-order valence-corrected chi connectivity index (χ4v) is 3.58. The molecule has 1 aromatic heterocycles. The average molecular weight is 421 g/mol. The number of amides is 3. The molecule has 0 spiro atoms. The summed E-state index contributed by atoms with van der Waals surface area (Å²) in [7, 11) is 0. The summed E-state index contributed by atoms with van der Waals surface area (Å²) < 4.78 is 0. The van der Waals surface area contributed by atoms with E-state index in [1.165, 1.54) is 29.3 Å². The van der Waals surface area contributed by atoms with Gasteiger partial charge >= 0.3 is 0 Å². The lowest BCUT2D eigenvalue weighted by Crippen LogP contribution is -2.47. The normalized spacial score (nSPS) is 15.9. The van der Waals surface area contributed by atoms with Gasteiger partial charge in [-0.05, 0) is 43.2 Å². The number of aromatic nitrogens is 1. The Balaban J connectivity index is 1.59. The average Bonchev–Trinajstić information content (AvgIpc) is 3.15. The highest BCUT2D eigenvalue weighted by molar-refractivity contribution is 6.35. The summed E-state index contributed by atoms with van der Waals surface area (Å²) >= 11 is 11.9. The first-order valence-electron chi connectivity index (χ1n) is 8.68. The van der Waals surface area contributed by atoms with Crippen molar-refractivity contribution in [3.8, 4) is 0 Å². The molecule has 7 nitrogen and oxygen atoms in total. The van der Waals surface area contributed by atoms with E-state index >= 15 is 0 Å². The smallest absolute Gasteiger partial charge is 0.254 e. The molecule has 9 heteroatoms. The van der Waals surface area contributed by atoms with Crippen LogP contribution in [-0.2, 0) is 9.59 Å². The van der Waals surface area contributed by atoms with Crippen LogP contribution in [0.2, 0.25) is 10.0 Å².